The van der Waals surface area contributed by atoms with Gasteiger partial charge in [0.15, 0.2) is 0 Å². The van der Waals surface area contributed by atoms with Gasteiger partial charge in [-0.15, -0.1) is 0 Å². The Morgan fingerprint density at radius 1 is 0.960 bits per heavy atom. The van der Waals surface area contributed by atoms with Crippen LogP contribution in [0, 0.1) is 46.3 Å². The molecule has 0 aromatic rings. The Labute approximate surface area is 154 Å². The largest absolute Gasteiger partial charge is 0.381 e. The normalized spacial score (nSPS) is 55.2. The number of fused-ring (bicyclic) bond motifs is 5. The molecule has 2 nitrogen and oxygen atoms in total. The third kappa shape index (κ3) is 2.49. The number of hydrogen-bond acceptors (Lipinski definition) is 2. The average molecular weight is 347 g/mol. The zero-order valence-corrected chi connectivity index (χ0v) is 17.0. The van der Waals surface area contributed by atoms with Crippen molar-refractivity contribution < 1.29 is 9.53 Å². The van der Waals surface area contributed by atoms with Crippen LogP contribution in [-0.2, 0) is 9.53 Å². The third-order valence-electron chi connectivity index (χ3n) is 9.71. The van der Waals surface area contributed by atoms with Gasteiger partial charge in [0.2, 0.25) is 0 Å². The first kappa shape index (κ1) is 18.0. The number of ether oxygens (including phenoxy) is 1. The van der Waals surface area contributed by atoms with E-state index in [1.165, 1.54) is 44.9 Å². The van der Waals surface area contributed by atoms with Gasteiger partial charge < -0.3 is 4.74 Å². The van der Waals surface area contributed by atoms with E-state index in [1.54, 1.807) is 0 Å². The van der Waals surface area contributed by atoms with Crippen LogP contribution in [0.4, 0.5) is 0 Å². The number of hydrogen-bond donors (Lipinski definition) is 0. The molecule has 4 rings (SSSR count). The van der Waals surface area contributed by atoms with Gasteiger partial charge in [-0.25, -0.2) is 0 Å². The summed E-state index contributed by atoms with van der Waals surface area (Å²) >= 11 is 0. The van der Waals surface area contributed by atoms with E-state index in [4.69, 9.17) is 4.74 Å². The van der Waals surface area contributed by atoms with Crippen LogP contribution in [0.15, 0.2) is 0 Å². The summed E-state index contributed by atoms with van der Waals surface area (Å²) < 4.78 is 6.15. The molecule has 0 amide bonds. The number of ketones is 1. The van der Waals surface area contributed by atoms with Gasteiger partial charge in [0.05, 0.1) is 6.10 Å². The molecule has 0 N–H and O–H groups in total. The van der Waals surface area contributed by atoms with E-state index in [1.807, 2.05) is 14.0 Å². The smallest absolute Gasteiger partial charge is 0.133 e. The predicted octanol–water partition coefficient (Wildman–Crippen LogP) is 5.50. The summed E-state index contributed by atoms with van der Waals surface area (Å²) in [5, 5.41) is 0. The molecule has 142 valence electrons. The zero-order valence-electron chi connectivity index (χ0n) is 17.0. The van der Waals surface area contributed by atoms with E-state index in [2.05, 4.69) is 20.8 Å². The van der Waals surface area contributed by atoms with E-state index >= 15 is 0 Å². The topological polar surface area (TPSA) is 26.3 Å². The fraction of sp³-hybridized carbons (Fsp3) is 0.957. The second kappa shape index (κ2) is 6.08. The maximum atomic E-state index is 12.3. The standard InChI is InChI=1S/C23H38O2/c1-14-8-10-22(3)16(12-14)13-20(25-5)21-18-7-6-17(15(2)24)23(18,4)11-9-19(21)22/h14,16-21H,6-13H2,1-5H3. The maximum Gasteiger partial charge on any atom is 0.133 e. The minimum atomic E-state index is 0.231. The summed E-state index contributed by atoms with van der Waals surface area (Å²) in [5.41, 5.74) is 0.747. The molecule has 4 fully saturated rings. The molecule has 0 heterocycles. The van der Waals surface area contributed by atoms with Crippen LogP contribution >= 0.6 is 0 Å². The molecular weight excluding hydrogens is 308 g/mol. The highest BCUT2D eigenvalue weighted by Crippen LogP contribution is 2.68. The Morgan fingerprint density at radius 3 is 2.32 bits per heavy atom. The number of methoxy groups -OCH3 is 1. The minimum Gasteiger partial charge on any atom is -0.381 e. The molecule has 0 radical (unpaired) electrons. The van der Waals surface area contributed by atoms with Gasteiger partial charge in [-0.2, -0.15) is 0 Å². The van der Waals surface area contributed by atoms with Crippen molar-refractivity contribution in [3.8, 4) is 0 Å². The molecule has 4 saturated carbocycles. The van der Waals surface area contributed by atoms with Crippen molar-refractivity contribution in [1.82, 2.24) is 0 Å². The summed E-state index contributed by atoms with van der Waals surface area (Å²) in [6, 6.07) is 0. The molecule has 0 spiro atoms. The quantitative estimate of drug-likeness (QED) is 0.660. The Bertz CT molecular complexity index is 542. The van der Waals surface area contributed by atoms with Crippen LogP contribution in [0.2, 0.25) is 0 Å². The van der Waals surface area contributed by atoms with E-state index in [9.17, 15) is 4.79 Å². The Hall–Kier alpha value is -0.370. The monoisotopic (exact) mass is 346 g/mol. The molecular formula is C23H38O2. The molecule has 0 saturated heterocycles. The molecule has 0 bridgehead atoms. The van der Waals surface area contributed by atoms with Gasteiger partial charge in [0.25, 0.3) is 0 Å². The van der Waals surface area contributed by atoms with E-state index in [0.29, 0.717) is 35.1 Å². The predicted molar refractivity (Wildman–Crippen MR) is 101 cm³/mol. The summed E-state index contributed by atoms with van der Waals surface area (Å²) in [4.78, 5) is 12.3. The SMILES string of the molecule is COC1CC2CC(C)CCC2(C)C2CCC3(C)C(C(C)=O)CCC3C12. The lowest BCUT2D eigenvalue weighted by Crippen LogP contribution is -2.58. The van der Waals surface area contributed by atoms with Gasteiger partial charge in [-0.3, -0.25) is 4.79 Å². The molecule has 0 aliphatic heterocycles. The molecule has 9 atom stereocenters. The molecule has 4 aliphatic rings. The van der Waals surface area contributed by atoms with Gasteiger partial charge >= 0.3 is 0 Å². The highest BCUT2D eigenvalue weighted by molar-refractivity contribution is 5.79. The third-order valence-corrected chi connectivity index (χ3v) is 9.71. The molecule has 0 aromatic heterocycles. The van der Waals surface area contributed by atoms with Gasteiger partial charge in [-0.1, -0.05) is 27.2 Å². The highest BCUT2D eigenvalue weighted by Gasteiger charge is 2.63. The fourth-order valence-electron chi connectivity index (χ4n) is 8.33. The lowest BCUT2D eigenvalue weighted by Gasteiger charge is -2.62. The Balaban J connectivity index is 1.69. The van der Waals surface area contributed by atoms with E-state index < -0.39 is 0 Å². The van der Waals surface area contributed by atoms with Crippen LogP contribution in [0.3, 0.4) is 0 Å². The van der Waals surface area contributed by atoms with Gasteiger partial charge in [0, 0.05) is 13.0 Å². The fourth-order valence-corrected chi connectivity index (χ4v) is 8.33. The lowest BCUT2D eigenvalue weighted by molar-refractivity contribution is -0.176. The number of carbonyl (C=O) groups is 1. The van der Waals surface area contributed by atoms with Crippen molar-refractivity contribution in [2.75, 3.05) is 7.11 Å². The maximum absolute atomic E-state index is 12.3. The summed E-state index contributed by atoms with van der Waals surface area (Å²) in [6.07, 6.45) is 10.9. The van der Waals surface area contributed by atoms with Crippen molar-refractivity contribution in [2.24, 2.45) is 46.3 Å². The van der Waals surface area contributed by atoms with Crippen molar-refractivity contribution >= 4 is 5.78 Å². The van der Waals surface area contributed by atoms with Crippen molar-refractivity contribution in [1.29, 1.82) is 0 Å². The van der Waals surface area contributed by atoms with Gasteiger partial charge in [-0.05, 0) is 92.3 Å². The first-order valence-corrected chi connectivity index (χ1v) is 10.8. The van der Waals surface area contributed by atoms with Crippen LogP contribution in [0.25, 0.3) is 0 Å². The summed E-state index contributed by atoms with van der Waals surface area (Å²) in [6.45, 7) is 9.34. The first-order chi connectivity index (χ1) is 11.8. The van der Waals surface area contributed by atoms with E-state index in [-0.39, 0.29) is 5.41 Å². The number of rotatable bonds is 2. The van der Waals surface area contributed by atoms with Crippen molar-refractivity contribution in [2.45, 2.75) is 85.2 Å². The Morgan fingerprint density at radius 2 is 1.64 bits per heavy atom. The van der Waals surface area contributed by atoms with E-state index in [0.717, 1.165) is 24.2 Å². The summed E-state index contributed by atoms with van der Waals surface area (Å²) in [7, 11) is 1.94. The second-order valence-electron chi connectivity index (χ2n) is 10.7. The molecule has 0 aromatic carbocycles. The van der Waals surface area contributed by atoms with Crippen LogP contribution in [0.5, 0.6) is 0 Å². The number of Topliss-reactive ketones (excluding diaryl/α,β-unsaturated/α-hetero) is 1. The van der Waals surface area contributed by atoms with Crippen LogP contribution < -0.4 is 0 Å². The molecule has 4 aliphatic carbocycles. The lowest BCUT2D eigenvalue weighted by atomic mass is 9.43. The van der Waals surface area contributed by atoms with Crippen molar-refractivity contribution in [3.63, 3.8) is 0 Å². The molecule has 9 unspecified atom stereocenters. The first-order valence-electron chi connectivity index (χ1n) is 10.8. The van der Waals surface area contributed by atoms with Crippen molar-refractivity contribution in [3.05, 3.63) is 0 Å². The minimum absolute atomic E-state index is 0.231. The van der Waals surface area contributed by atoms with Crippen LogP contribution in [-0.4, -0.2) is 19.0 Å². The molecule has 2 heteroatoms. The highest BCUT2D eigenvalue weighted by atomic mass is 16.5. The number of carbonyl (C=O) groups excluding carboxylic acids is 1. The Kier molecular flexibility index (Phi) is 4.38. The molecule has 25 heavy (non-hydrogen) atoms. The average Bonchev–Trinajstić information content (AvgIpc) is 2.92. The van der Waals surface area contributed by atoms with Gasteiger partial charge in [0.1, 0.15) is 5.78 Å². The zero-order chi connectivity index (χ0) is 18.0. The summed E-state index contributed by atoms with van der Waals surface area (Å²) in [5.74, 6) is 4.65. The second-order valence-corrected chi connectivity index (χ2v) is 10.7. The van der Waals surface area contributed by atoms with Crippen LogP contribution in [0.1, 0.15) is 79.1 Å².